The predicted molar refractivity (Wildman–Crippen MR) is 69.6 cm³/mol. The molecule has 2 aliphatic rings. The van der Waals surface area contributed by atoms with E-state index >= 15 is 0 Å². The summed E-state index contributed by atoms with van der Waals surface area (Å²) in [5.41, 5.74) is -0.617. The van der Waals surface area contributed by atoms with Gasteiger partial charge in [-0.3, -0.25) is 9.69 Å². The Hall–Kier alpha value is -0.610. The normalized spacial score (nSPS) is 31.2. The van der Waals surface area contributed by atoms with Crippen LogP contribution in [0.3, 0.4) is 0 Å². The molecule has 2 rings (SSSR count). The molecule has 0 spiro atoms. The van der Waals surface area contributed by atoms with Crippen LogP contribution in [0.5, 0.6) is 0 Å². The van der Waals surface area contributed by atoms with Crippen molar-refractivity contribution in [3.05, 3.63) is 0 Å². The van der Waals surface area contributed by atoms with Crippen molar-refractivity contribution in [2.45, 2.75) is 45.6 Å². The van der Waals surface area contributed by atoms with Crippen LogP contribution in [-0.4, -0.2) is 48.3 Å². The Kier molecular flexibility index (Phi) is 4.28. The molecule has 0 amide bonds. The molecule has 104 valence electrons. The Morgan fingerprint density at radius 2 is 2.11 bits per heavy atom. The number of carboxylic acids is 1. The Labute approximate surface area is 109 Å². The molecule has 4 nitrogen and oxygen atoms in total. The minimum absolute atomic E-state index is 0.255. The monoisotopic (exact) mass is 255 g/mol. The van der Waals surface area contributed by atoms with Gasteiger partial charge in [0.1, 0.15) is 0 Å². The zero-order valence-electron chi connectivity index (χ0n) is 11.5. The lowest BCUT2D eigenvalue weighted by Crippen LogP contribution is -2.50. The maximum Gasteiger partial charge on any atom is 0.309 e. The zero-order chi connectivity index (χ0) is 13.2. The van der Waals surface area contributed by atoms with Gasteiger partial charge in [0, 0.05) is 19.2 Å². The van der Waals surface area contributed by atoms with Crippen LogP contribution in [0.15, 0.2) is 0 Å². The minimum atomic E-state index is -0.672. The smallest absolute Gasteiger partial charge is 0.309 e. The van der Waals surface area contributed by atoms with Gasteiger partial charge in [0.2, 0.25) is 0 Å². The van der Waals surface area contributed by atoms with Gasteiger partial charge < -0.3 is 9.84 Å². The molecule has 0 saturated carbocycles. The first-order chi connectivity index (χ1) is 8.51. The van der Waals surface area contributed by atoms with Gasteiger partial charge in [0.25, 0.3) is 0 Å². The molecule has 18 heavy (non-hydrogen) atoms. The third kappa shape index (κ3) is 2.86. The summed E-state index contributed by atoms with van der Waals surface area (Å²) in [7, 11) is 0. The SMILES string of the molecule is CC(C)(C(=O)O)C1CCCN(C2CCCOC2)C1. The highest BCUT2D eigenvalue weighted by molar-refractivity contribution is 5.74. The van der Waals surface area contributed by atoms with Crippen LogP contribution >= 0.6 is 0 Å². The number of nitrogens with zero attached hydrogens (tertiary/aromatic N) is 1. The second-order valence-electron chi connectivity index (χ2n) is 6.23. The van der Waals surface area contributed by atoms with Crippen LogP contribution in [-0.2, 0) is 9.53 Å². The lowest BCUT2D eigenvalue weighted by molar-refractivity contribution is -0.152. The highest BCUT2D eigenvalue weighted by Crippen LogP contribution is 2.35. The van der Waals surface area contributed by atoms with Gasteiger partial charge in [-0.15, -0.1) is 0 Å². The van der Waals surface area contributed by atoms with E-state index in [0.717, 1.165) is 45.6 Å². The number of hydrogen-bond acceptors (Lipinski definition) is 3. The van der Waals surface area contributed by atoms with Gasteiger partial charge in [-0.05, 0) is 52.0 Å². The average Bonchev–Trinajstić information content (AvgIpc) is 2.40. The summed E-state index contributed by atoms with van der Waals surface area (Å²) < 4.78 is 5.55. The Balaban J connectivity index is 1.97. The molecule has 2 atom stereocenters. The molecule has 2 aliphatic heterocycles. The summed E-state index contributed by atoms with van der Waals surface area (Å²) in [6.07, 6.45) is 4.47. The maximum atomic E-state index is 11.4. The third-order valence-corrected chi connectivity index (χ3v) is 4.68. The maximum absolute atomic E-state index is 11.4. The van der Waals surface area contributed by atoms with Crippen molar-refractivity contribution in [3.8, 4) is 0 Å². The van der Waals surface area contributed by atoms with Gasteiger partial charge in [-0.25, -0.2) is 0 Å². The molecule has 4 heteroatoms. The highest BCUT2D eigenvalue weighted by Gasteiger charge is 2.40. The van der Waals surface area contributed by atoms with Crippen molar-refractivity contribution in [1.82, 2.24) is 4.90 Å². The van der Waals surface area contributed by atoms with Crippen molar-refractivity contribution >= 4 is 5.97 Å². The topological polar surface area (TPSA) is 49.8 Å². The largest absolute Gasteiger partial charge is 0.481 e. The first-order valence-electron chi connectivity index (χ1n) is 7.07. The summed E-state index contributed by atoms with van der Waals surface area (Å²) in [4.78, 5) is 13.8. The summed E-state index contributed by atoms with van der Waals surface area (Å²) in [5.74, 6) is -0.417. The fraction of sp³-hybridized carbons (Fsp3) is 0.929. The molecule has 2 unspecified atom stereocenters. The first kappa shape index (κ1) is 13.8. The fourth-order valence-electron chi connectivity index (χ4n) is 3.11. The number of likely N-dealkylation sites (tertiary alicyclic amines) is 1. The molecule has 1 N–H and O–H groups in total. The second-order valence-corrected chi connectivity index (χ2v) is 6.23. The van der Waals surface area contributed by atoms with Gasteiger partial charge in [-0.1, -0.05) is 0 Å². The second kappa shape index (κ2) is 5.57. The minimum Gasteiger partial charge on any atom is -0.481 e. The van der Waals surface area contributed by atoms with Crippen molar-refractivity contribution in [1.29, 1.82) is 0 Å². The van der Waals surface area contributed by atoms with Crippen LogP contribution in [0.1, 0.15) is 39.5 Å². The van der Waals surface area contributed by atoms with E-state index in [9.17, 15) is 9.90 Å². The first-order valence-corrected chi connectivity index (χ1v) is 7.07. The van der Waals surface area contributed by atoms with E-state index in [1.165, 1.54) is 6.42 Å². The Morgan fingerprint density at radius 3 is 2.72 bits per heavy atom. The molecule has 0 bridgehead atoms. The molecule has 0 aromatic carbocycles. The predicted octanol–water partition coefficient (Wildman–Crippen LogP) is 1.99. The number of aliphatic carboxylic acids is 1. The van der Waals surface area contributed by atoms with E-state index in [-0.39, 0.29) is 5.92 Å². The number of piperidine rings is 1. The van der Waals surface area contributed by atoms with Gasteiger partial charge >= 0.3 is 5.97 Å². The van der Waals surface area contributed by atoms with Crippen LogP contribution in [0.2, 0.25) is 0 Å². The van der Waals surface area contributed by atoms with E-state index in [2.05, 4.69) is 4.90 Å². The molecule has 2 saturated heterocycles. The number of carbonyl (C=O) groups is 1. The average molecular weight is 255 g/mol. The molecule has 0 aliphatic carbocycles. The van der Waals surface area contributed by atoms with Gasteiger partial charge in [-0.2, -0.15) is 0 Å². The molecule has 2 heterocycles. The summed E-state index contributed by atoms with van der Waals surface area (Å²) in [6, 6.07) is 0.506. The van der Waals surface area contributed by atoms with Crippen LogP contribution in [0, 0.1) is 11.3 Å². The van der Waals surface area contributed by atoms with Crippen LogP contribution in [0.4, 0.5) is 0 Å². The Bertz CT molecular complexity index is 297. The van der Waals surface area contributed by atoms with E-state index in [1.807, 2.05) is 13.8 Å². The van der Waals surface area contributed by atoms with Crippen molar-refractivity contribution in [2.75, 3.05) is 26.3 Å². The van der Waals surface area contributed by atoms with E-state index in [1.54, 1.807) is 0 Å². The van der Waals surface area contributed by atoms with Crippen LogP contribution in [0.25, 0.3) is 0 Å². The number of hydrogen-bond donors (Lipinski definition) is 1. The summed E-state index contributed by atoms with van der Waals surface area (Å²) >= 11 is 0. The van der Waals surface area contributed by atoms with E-state index < -0.39 is 11.4 Å². The van der Waals surface area contributed by atoms with Crippen molar-refractivity contribution < 1.29 is 14.6 Å². The van der Waals surface area contributed by atoms with Gasteiger partial charge in [0.05, 0.1) is 12.0 Å². The summed E-state index contributed by atoms with van der Waals surface area (Å²) in [5, 5.41) is 9.35. The molecule has 0 radical (unpaired) electrons. The van der Waals surface area contributed by atoms with Crippen LogP contribution < -0.4 is 0 Å². The van der Waals surface area contributed by atoms with E-state index in [4.69, 9.17) is 4.74 Å². The highest BCUT2D eigenvalue weighted by atomic mass is 16.5. The van der Waals surface area contributed by atoms with Crippen molar-refractivity contribution in [3.63, 3.8) is 0 Å². The standard InChI is InChI=1S/C14H25NO3/c1-14(2,13(16)17)11-5-3-7-15(9-11)12-6-4-8-18-10-12/h11-12H,3-10H2,1-2H3,(H,16,17). The quantitative estimate of drug-likeness (QED) is 0.838. The molecular weight excluding hydrogens is 230 g/mol. The molecule has 0 aromatic heterocycles. The van der Waals surface area contributed by atoms with Crippen molar-refractivity contribution in [2.24, 2.45) is 11.3 Å². The number of rotatable bonds is 3. The lowest BCUT2D eigenvalue weighted by Gasteiger charge is -2.43. The summed E-state index contributed by atoms with van der Waals surface area (Å²) in [6.45, 7) is 7.43. The van der Waals surface area contributed by atoms with E-state index in [0.29, 0.717) is 6.04 Å². The molecule has 2 fully saturated rings. The lowest BCUT2D eigenvalue weighted by atomic mass is 9.74. The van der Waals surface area contributed by atoms with Gasteiger partial charge in [0.15, 0.2) is 0 Å². The Morgan fingerprint density at radius 1 is 1.33 bits per heavy atom. The zero-order valence-corrected chi connectivity index (χ0v) is 11.5. The molecule has 0 aromatic rings. The third-order valence-electron chi connectivity index (χ3n) is 4.68. The number of ether oxygens (including phenoxy) is 1. The number of carboxylic acid groups (broad SMARTS) is 1. The molecular formula is C14H25NO3. The fourth-order valence-corrected chi connectivity index (χ4v) is 3.11.